The van der Waals surface area contributed by atoms with E-state index in [2.05, 4.69) is 20.5 Å². The minimum atomic E-state index is -0.621. The lowest BCUT2D eigenvalue weighted by molar-refractivity contribution is -0.113. The molecule has 0 unspecified atom stereocenters. The van der Waals surface area contributed by atoms with E-state index < -0.39 is 11.6 Å². The van der Waals surface area contributed by atoms with E-state index in [0.29, 0.717) is 21.7 Å². The number of nitrogens with one attached hydrogen (secondary N) is 1. The fourth-order valence-corrected chi connectivity index (χ4v) is 4.70. The van der Waals surface area contributed by atoms with Gasteiger partial charge in [0.15, 0.2) is 10.3 Å². The van der Waals surface area contributed by atoms with Gasteiger partial charge in [0.25, 0.3) is 0 Å². The van der Waals surface area contributed by atoms with Crippen LogP contribution in [0.4, 0.5) is 13.9 Å². The van der Waals surface area contributed by atoms with Crippen molar-refractivity contribution in [1.82, 2.24) is 19.7 Å². The molecule has 0 radical (unpaired) electrons. The number of methoxy groups -OCH3 is 1. The van der Waals surface area contributed by atoms with Crippen LogP contribution in [0.3, 0.4) is 0 Å². The van der Waals surface area contributed by atoms with Gasteiger partial charge in [-0.1, -0.05) is 17.8 Å². The predicted molar refractivity (Wildman–Crippen MR) is 123 cm³/mol. The zero-order valence-corrected chi connectivity index (χ0v) is 19.3. The molecule has 2 heterocycles. The summed E-state index contributed by atoms with van der Waals surface area (Å²) in [5, 5.41) is 12.0. The highest BCUT2D eigenvalue weighted by molar-refractivity contribution is 7.99. The Balaban J connectivity index is 1.37. The van der Waals surface area contributed by atoms with E-state index in [0.717, 1.165) is 22.4 Å². The van der Waals surface area contributed by atoms with Crippen LogP contribution in [0, 0.1) is 18.6 Å². The summed E-state index contributed by atoms with van der Waals surface area (Å²) >= 11 is 2.49. The first kappa shape index (κ1) is 22.9. The molecule has 0 atom stereocenters. The number of carbonyl (C=O) groups is 1. The number of thioether (sulfide) groups is 1. The van der Waals surface area contributed by atoms with Crippen molar-refractivity contribution in [2.24, 2.45) is 0 Å². The average molecular weight is 488 g/mol. The molecule has 0 aliphatic rings. The number of aromatic nitrogens is 4. The molecule has 1 N–H and O–H groups in total. The lowest BCUT2D eigenvalue weighted by Gasteiger charge is -2.09. The largest absolute Gasteiger partial charge is 0.497 e. The number of aryl methyl sites for hydroxylation is 1. The lowest BCUT2D eigenvalue weighted by atomic mass is 10.1. The Morgan fingerprint density at radius 3 is 2.70 bits per heavy atom. The first-order chi connectivity index (χ1) is 15.9. The molecule has 33 heavy (non-hydrogen) atoms. The molecule has 170 valence electrons. The van der Waals surface area contributed by atoms with E-state index in [1.165, 1.54) is 35.2 Å². The third-order valence-corrected chi connectivity index (χ3v) is 6.48. The number of amides is 1. The molecule has 2 aromatic carbocycles. The van der Waals surface area contributed by atoms with Gasteiger partial charge in [-0.15, -0.1) is 21.5 Å². The maximum absolute atomic E-state index is 13.9. The van der Waals surface area contributed by atoms with Crippen LogP contribution in [-0.4, -0.2) is 38.5 Å². The standard InChI is InChI=1S/C22H19F2N5O2S2/c1-13-27-28-22(29(13)16-5-7-17(31-2)8-6-16)32-12-20(30)26-21-25-11-18(33-21)9-14-3-4-15(23)10-19(14)24/h3-8,10-11H,9,12H2,1-2H3,(H,25,26,30). The summed E-state index contributed by atoms with van der Waals surface area (Å²) in [5.74, 6) is 0.0562. The Labute approximate surface area is 196 Å². The molecule has 0 bridgehead atoms. The molecule has 11 heteroatoms. The summed E-state index contributed by atoms with van der Waals surface area (Å²) in [5.41, 5.74) is 1.22. The predicted octanol–water partition coefficient (Wildman–Crippen LogP) is 4.64. The van der Waals surface area contributed by atoms with Crippen molar-refractivity contribution in [3.8, 4) is 11.4 Å². The lowest BCUT2D eigenvalue weighted by Crippen LogP contribution is -2.14. The van der Waals surface area contributed by atoms with Crippen molar-refractivity contribution < 1.29 is 18.3 Å². The molecule has 4 rings (SSSR count). The third-order valence-electron chi connectivity index (χ3n) is 4.64. The fraction of sp³-hybridized carbons (Fsp3) is 0.182. The highest BCUT2D eigenvalue weighted by atomic mass is 32.2. The molecule has 1 amide bonds. The summed E-state index contributed by atoms with van der Waals surface area (Å²) in [6.45, 7) is 1.84. The Kier molecular flexibility index (Phi) is 6.99. The SMILES string of the molecule is COc1ccc(-n2c(C)nnc2SCC(=O)Nc2ncc(Cc3ccc(F)cc3F)s2)cc1. The Bertz CT molecular complexity index is 1270. The van der Waals surface area contributed by atoms with Gasteiger partial charge in [0.05, 0.1) is 12.9 Å². The van der Waals surface area contributed by atoms with E-state index in [9.17, 15) is 13.6 Å². The minimum Gasteiger partial charge on any atom is -0.497 e. The Hall–Kier alpha value is -3.31. The first-order valence-electron chi connectivity index (χ1n) is 9.80. The van der Waals surface area contributed by atoms with Crippen molar-refractivity contribution >= 4 is 34.1 Å². The van der Waals surface area contributed by atoms with Gasteiger partial charge in [0.1, 0.15) is 23.2 Å². The van der Waals surface area contributed by atoms with Crippen LogP contribution < -0.4 is 10.1 Å². The van der Waals surface area contributed by atoms with E-state index >= 15 is 0 Å². The maximum Gasteiger partial charge on any atom is 0.236 e. The van der Waals surface area contributed by atoms with E-state index in [4.69, 9.17) is 4.74 Å². The second kappa shape index (κ2) is 10.1. The van der Waals surface area contributed by atoms with Crippen LogP contribution in [0.2, 0.25) is 0 Å². The minimum absolute atomic E-state index is 0.107. The molecule has 4 aromatic rings. The van der Waals surface area contributed by atoms with Crippen molar-refractivity contribution in [2.45, 2.75) is 18.5 Å². The van der Waals surface area contributed by atoms with Gasteiger partial charge in [0.2, 0.25) is 5.91 Å². The van der Waals surface area contributed by atoms with Crippen LogP contribution in [0.1, 0.15) is 16.3 Å². The van der Waals surface area contributed by atoms with Gasteiger partial charge < -0.3 is 10.1 Å². The first-order valence-corrected chi connectivity index (χ1v) is 11.6. The van der Waals surface area contributed by atoms with Crippen molar-refractivity contribution in [3.63, 3.8) is 0 Å². The van der Waals surface area contributed by atoms with Crippen LogP contribution in [0.25, 0.3) is 5.69 Å². The Morgan fingerprint density at radius 1 is 1.18 bits per heavy atom. The fourth-order valence-electron chi connectivity index (χ4n) is 3.05. The van der Waals surface area contributed by atoms with Gasteiger partial charge in [-0.2, -0.15) is 0 Å². The third kappa shape index (κ3) is 5.55. The van der Waals surface area contributed by atoms with E-state index in [-0.39, 0.29) is 18.1 Å². The number of nitrogens with zero attached hydrogens (tertiary/aromatic N) is 4. The van der Waals surface area contributed by atoms with E-state index in [1.807, 2.05) is 35.8 Å². The summed E-state index contributed by atoms with van der Waals surface area (Å²) in [6, 6.07) is 10.9. The number of benzene rings is 2. The molecule has 2 aromatic heterocycles. The van der Waals surface area contributed by atoms with Gasteiger partial charge >= 0.3 is 0 Å². The quantitative estimate of drug-likeness (QED) is 0.365. The van der Waals surface area contributed by atoms with Gasteiger partial charge in [-0.25, -0.2) is 13.8 Å². The molecular formula is C22H19F2N5O2S2. The van der Waals surface area contributed by atoms with Gasteiger partial charge in [-0.05, 0) is 42.8 Å². The number of hydrogen-bond donors (Lipinski definition) is 1. The highest BCUT2D eigenvalue weighted by Crippen LogP contribution is 2.25. The zero-order chi connectivity index (χ0) is 23.4. The number of halogens is 2. The van der Waals surface area contributed by atoms with Gasteiger partial charge in [0, 0.05) is 29.2 Å². The number of anilines is 1. The summed E-state index contributed by atoms with van der Waals surface area (Å²) in [6.07, 6.45) is 1.83. The van der Waals surface area contributed by atoms with Crippen molar-refractivity contribution in [2.75, 3.05) is 18.2 Å². The maximum atomic E-state index is 13.9. The topological polar surface area (TPSA) is 81.9 Å². The van der Waals surface area contributed by atoms with Crippen LogP contribution in [-0.2, 0) is 11.2 Å². The molecule has 0 aliphatic heterocycles. The number of carbonyl (C=O) groups excluding carboxylic acids is 1. The summed E-state index contributed by atoms with van der Waals surface area (Å²) in [7, 11) is 1.60. The second-order valence-corrected chi connectivity index (χ2v) is 9.00. The molecule has 0 saturated carbocycles. The molecule has 0 saturated heterocycles. The van der Waals surface area contributed by atoms with Crippen LogP contribution in [0.15, 0.2) is 53.8 Å². The van der Waals surface area contributed by atoms with Crippen LogP contribution >= 0.6 is 23.1 Å². The average Bonchev–Trinajstić information content (AvgIpc) is 3.40. The zero-order valence-electron chi connectivity index (χ0n) is 17.7. The van der Waals surface area contributed by atoms with Crippen molar-refractivity contribution in [1.29, 1.82) is 0 Å². The molecule has 0 fully saturated rings. The molecule has 0 aliphatic carbocycles. The Morgan fingerprint density at radius 2 is 1.97 bits per heavy atom. The second-order valence-electron chi connectivity index (χ2n) is 6.94. The van der Waals surface area contributed by atoms with Gasteiger partial charge in [-0.3, -0.25) is 9.36 Å². The molecular weight excluding hydrogens is 468 g/mol. The van der Waals surface area contributed by atoms with E-state index in [1.54, 1.807) is 13.3 Å². The smallest absolute Gasteiger partial charge is 0.236 e. The number of rotatable bonds is 8. The van der Waals surface area contributed by atoms with Crippen molar-refractivity contribution in [3.05, 3.63) is 76.6 Å². The number of hydrogen-bond acceptors (Lipinski definition) is 7. The normalized spacial score (nSPS) is 10.9. The van der Waals surface area contributed by atoms with Crippen LogP contribution in [0.5, 0.6) is 5.75 Å². The molecule has 0 spiro atoms. The monoisotopic (exact) mass is 487 g/mol. The number of thiazole rings is 1. The number of ether oxygens (including phenoxy) is 1. The summed E-state index contributed by atoms with van der Waals surface area (Å²) in [4.78, 5) is 17.4. The highest BCUT2D eigenvalue weighted by Gasteiger charge is 2.15. The molecule has 7 nitrogen and oxygen atoms in total. The summed E-state index contributed by atoms with van der Waals surface area (Å²) < 4.78 is 34.0.